The minimum absolute atomic E-state index is 0.0616. The first-order chi connectivity index (χ1) is 7.74. The molecule has 1 N–H and O–H groups in total. The fourth-order valence-corrected chi connectivity index (χ4v) is 1.91. The van der Waals surface area contributed by atoms with Crippen LogP contribution in [0, 0.1) is 5.92 Å². The normalized spacial score (nSPS) is 25.4. The van der Waals surface area contributed by atoms with E-state index < -0.39 is 0 Å². The first-order valence-corrected chi connectivity index (χ1v) is 6.21. The molecule has 1 aliphatic rings. The summed E-state index contributed by atoms with van der Waals surface area (Å²) in [5.41, 5.74) is 0. The highest BCUT2D eigenvalue weighted by molar-refractivity contribution is 5.72. The van der Waals surface area contributed by atoms with E-state index in [1.165, 1.54) is 0 Å². The van der Waals surface area contributed by atoms with Gasteiger partial charge in [0, 0.05) is 12.6 Å². The zero-order valence-electron chi connectivity index (χ0n) is 10.3. The summed E-state index contributed by atoms with van der Waals surface area (Å²) < 4.78 is 10.4. The molecule has 2 atom stereocenters. The molecule has 4 heteroatoms. The number of rotatable bonds is 6. The first kappa shape index (κ1) is 13.5. The third-order valence-electron chi connectivity index (χ3n) is 2.78. The lowest BCUT2D eigenvalue weighted by Crippen LogP contribution is -2.39. The molecule has 0 aliphatic carbocycles. The van der Waals surface area contributed by atoms with Crippen LogP contribution in [0.4, 0.5) is 0 Å². The summed E-state index contributed by atoms with van der Waals surface area (Å²) in [6.07, 6.45) is 2.77. The predicted molar refractivity (Wildman–Crippen MR) is 62.3 cm³/mol. The molecule has 16 heavy (non-hydrogen) atoms. The van der Waals surface area contributed by atoms with Crippen LogP contribution in [0.5, 0.6) is 0 Å². The van der Waals surface area contributed by atoms with E-state index in [0.717, 1.165) is 32.4 Å². The van der Waals surface area contributed by atoms with Crippen molar-refractivity contribution in [2.24, 2.45) is 5.92 Å². The Morgan fingerprint density at radius 2 is 2.19 bits per heavy atom. The Labute approximate surface area is 97.7 Å². The van der Waals surface area contributed by atoms with Gasteiger partial charge in [-0.15, -0.1) is 0 Å². The molecule has 0 aromatic heterocycles. The highest BCUT2D eigenvalue weighted by Gasteiger charge is 2.25. The molecule has 4 nitrogen and oxygen atoms in total. The van der Waals surface area contributed by atoms with Crippen molar-refractivity contribution in [3.05, 3.63) is 0 Å². The Bertz CT molecular complexity index is 208. The largest absolute Gasteiger partial charge is 0.463 e. The SMILES string of the molecule is CCCOCCOC(=O)C1CCNC(C)C1. The van der Waals surface area contributed by atoms with Crippen LogP contribution < -0.4 is 5.32 Å². The van der Waals surface area contributed by atoms with E-state index in [1.807, 2.05) is 0 Å². The zero-order valence-corrected chi connectivity index (χ0v) is 10.3. The predicted octanol–water partition coefficient (Wildman–Crippen LogP) is 1.34. The lowest BCUT2D eigenvalue weighted by Gasteiger charge is -2.26. The van der Waals surface area contributed by atoms with Crippen molar-refractivity contribution >= 4 is 5.97 Å². The van der Waals surface area contributed by atoms with Gasteiger partial charge in [0.1, 0.15) is 6.61 Å². The molecule has 0 radical (unpaired) electrons. The van der Waals surface area contributed by atoms with Crippen LogP contribution in [-0.4, -0.2) is 38.4 Å². The van der Waals surface area contributed by atoms with Crippen molar-refractivity contribution in [1.82, 2.24) is 5.32 Å². The van der Waals surface area contributed by atoms with Gasteiger partial charge in [0.25, 0.3) is 0 Å². The fraction of sp³-hybridized carbons (Fsp3) is 0.917. The van der Waals surface area contributed by atoms with Crippen molar-refractivity contribution in [3.63, 3.8) is 0 Å². The van der Waals surface area contributed by atoms with Gasteiger partial charge in [0.15, 0.2) is 0 Å². The molecule has 0 aromatic rings. The molecular weight excluding hydrogens is 206 g/mol. The number of piperidine rings is 1. The number of carbonyl (C=O) groups excluding carboxylic acids is 1. The van der Waals surface area contributed by atoms with Gasteiger partial charge in [-0.05, 0) is 32.7 Å². The number of carbonyl (C=O) groups is 1. The molecular formula is C12H23NO3. The van der Waals surface area contributed by atoms with Crippen molar-refractivity contribution in [1.29, 1.82) is 0 Å². The van der Waals surface area contributed by atoms with Crippen LogP contribution in [0.2, 0.25) is 0 Å². The van der Waals surface area contributed by atoms with Gasteiger partial charge >= 0.3 is 5.97 Å². The zero-order chi connectivity index (χ0) is 11.8. The van der Waals surface area contributed by atoms with Crippen LogP contribution in [-0.2, 0) is 14.3 Å². The molecule has 1 fully saturated rings. The second-order valence-corrected chi connectivity index (χ2v) is 4.36. The number of nitrogens with one attached hydrogen (secondary N) is 1. The van der Waals surface area contributed by atoms with E-state index in [9.17, 15) is 4.79 Å². The maximum absolute atomic E-state index is 11.7. The van der Waals surface area contributed by atoms with Crippen molar-refractivity contribution in [2.75, 3.05) is 26.4 Å². The van der Waals surface area contributed by atoms with Gasteiger partial charge in [0.2, 0.25) is 0 Å². The van der Waals surface area contributed by atoms with Gasteiger partial charge in [0.05, 0.1) is 12.5 Å². The van der Waals surface area contributed by atoms with E-state index in [0.29, 0.717) is 19.3 Å². The van der Waals surface area contributed by atoms with Crippen LogP contribution >= 0.6 is 0 Å². The molecule has 1 saturated heterocycles. The molecule has 1 aliphatic heterocycles. The Morgan fingerprint density at radius 3 is 2.88 bits per heavy atom. The molecule has 94 valence electrons. The van der Waals surface area contributed by atoms with Crippen LogP contribution in [0.3, 0.4) is 0 Å². The van der Waals surface area contributed by atoms with Gasteiger partial charge in [-0.1, -0.05) is 6.92 Å². The second kappa shape index (κ2) is 7.63. The number of hydrogen-bond donors (Lipinski definition) is 1. The monoisotopic (exact) mass is 229 g/mol. The first-order valence-electron chi connectivity index (χ1n) is 6.21. The second-order valence-electron chi connectivity index (χ2n) is 4.36. The molecule has 0 aromatic carbocycles. The lowest BCUT2D eigenvalue weighted by atomic mass is 9.93. The van der Waals surface area contributed by atoms with E-state index in [-0.39, 0.29) is 11.9 Å². The highest BCUT2D eigenvalue weighted by Crippen LogP contribution is 2.17. The topological polar surface area (TPSA) is 47.6 Å². The summed E-state index contributed by atoms with van der Waals surface area (Å²) in [5, 5.41) is 3.32. The Hall–Kier alpha value is -0.610. The Morgan fingerprint density at radius 1 is 1.38 bits per heavy atom. The number of ether oxygens (including phenoxy) is 2. The van der Waals surface area contributed by atoms with Crippen LogP contribution in [0.15, 0.2) is 0 Å². The maximum atomic E-state index is 11.7. The molecule has 0 saturated carbocycles. The van der Waals surface area contributed by atoms with E-state index in [4.69, 9.17) is 9.47 Å². The number of hydrogen-bond acceptors (Lipinski definition) is 4. The summed E-state index contributed by atoms with van der Waals surface area (Å²) in [6.45, 7) is 6.71. The van der Waals surface area contributed by atoms with E-state index >= 15 is 0 Å². The average Bonchev–Trinajstić information content (AvgIpc) is 2.28. The van der Waals surface area contributed by atoms with Gasteiger partial charge < -0.3 is 14.8 Å². The molecule has 1 rings (SSSR count). The highest BCUT2D eigenvalue weighted by atomic mass is 16.6. The van der Waals surface area contributed by atoms with Crippen LogP contribution in [0.1, 0.15) is 33.1 Å². The molecule has 0 spiro atoms. The van der Waals surface area contributed by atoms with Crippen LogP contribution in [0.25, 0.3) is 0 Å². The average molecular weight is 229 g/mol. The maximum Gasteiger partial charge on any atom is 0.309 e. The van der Waals surface area contributed by atoms with E-state index in [1.54, 1.807) is 0 Å². The summed E-state index contributed by atoms with van der Waals surface area (Å²) in [6, 6.07) is 0.419. The van der Waals surface area contributed by atoms with Gasteiger partial charge in [-0.3, -0.25) is 4.79 Å². The third-order valence-corrected chi connectivity index (χ3v) is 2.78. The quantitative estimate of drug-likeness (QED) is 0.551. The Balaban J connectivity index is 2.09. The molecule has 0 amide bonds. The molecule has 0 bridgehead atoms. The lowest BCUT2D eigenvalue weighted by molar-refractivity contribution is -0.151. The standard InChI is InChI=1S/C12H23NO3/c1-3-6-15-7-8-16-12(14)11-4-5-13-10(2)9-11/h10-11,13H,3-9H2,1-2H3. The van der Waals surface area contributed by atoms with Gasteiger partial charge in [-0.2, -0.15) is 0 Å². The van der Waals surface area contributed by atoms with Crippen molar-refractivity contribution in [3.8, 4) is 0 Å². The number of esters is 1. The van der Waals surface area contributed by atoms with Crippen molar-refractivity contribution in [2.45, 2.75) is 39.2 Å². The summed E-state index contributed by atoms with van der Waals surface area (Å²) in [4.78, 5) is 11.7. The summed E-state index contributed by atoms with van der Waals surface area (Å²) in [7, 11) is 0. The molecule has 2 unspecified atom stereocenters. The molecule has 1 heterocycles. The van der Waals surface area contributed by atoms with E-state index in [2.05, 4.69) is 19.2 Å². The van der Waals surface area contributed by atoms with Gasteiger partial charge in [-0.25, -0.2) is 0 Å². The fourth-order valence-electron chi connectivity index (χ4n) is 1.91. The minimum Gasteiger partial charge on any atom is -0.463 e. The smallest absolute Gasteiger partial charge is 0.309 e. The Kier molecular flexibility index (Phi) is 6.42. The summed E-state index contributed by atoms with van der Waals surface area (Å²) >= 11 is 0. The minimum atomic E-state index is -0.0616. The van der Waals surface area contributed by atoms with Crippen molar-refractivity contribution < 1.29 is 14.3 Å². The summed E-state index contributed by atoms with van der Waals surface area (Å²) in [5.74, 6) is 0.0101. The third kappa shape index (κ3) is 4.94.